The van der Waals surface area contributed by atoms with Crippen LogP contribution in [0.1, 0.15) is 0 Å². The first-order valence-electron chi connectivity index (χ1n) is 12.0. The van der Waals surface area contributed by atoms with Crippen LogP contribution in [-0.4, -0.2) is 66.0 Å². The summed E-state index contributed by atoms with van der Waals surface area (Å²) in [5.74, 6) is -0.917. The predicted molar refractivity (Wildman–Crippen MR) is 160 cm³/mol. The molecule has 1 aromatic heterocycles. The van der Waals surface area contributed by atoms with E-state index in [9.17, 15) is 44.0 Å². The minimum absolute atomic E-state index is 0.0213. The van der Waals surface area contributed by atoms with E-state index in [-0.39, 0.29) is 38.7 Å². The Bertz CT molecular complexity index is 2400. The van der Waals surface area contributed by atoms with Gasteiger partial charge in [0.15, 0.2) is 5.75 Å². The van der Waals surface area contributed by atoms with E-state index in [1.54, 1.807) is 0 Å². The predicted octanol–water partition coefficient (Wildman–Crippen LogP) is 4.04. The van der Waals surface area contributed by atoms with Crippen LogP contribution in [0.25, 0.3) is 21.5 Å². The first kappa shape index (κ1) is 31.8. The molecule has 0 aliphatic carbocycles. The third kappa shape index (κ3) is 6.20. The number of hydrogen-bond donors (Lipinski definition) is 5. The Morgan fingerprint density at radius 3 is 2.07 bits per heavy atom. The van der Waals surface area contributed by atoms with Crippen molar-refractivity contribution in [1.29, 1.82) is 0 Å². The number of halogens is 1. The molecule has 21 heteroatoms. The van der Waals surface area contributed by atoms with Crippen molar-refractivity contribution in [3.63, 3.8) is 0 Å². The molecule has 0 saturated heterocycles. The first-order valence-corrected chi connectivity index (χ1v) is 16.7. The Kier molecular flexibility index (Phi) is 7.85. The van der Waals surface area contributed by atoms with Crippen LogP contribution in [0.15, 0.2) is 79.5 Å². The van der Waals surface area contributed by atoms with Crippen LogP contribution < -0.4 is 10.6 Å². The third-order valence-corrected chi connectivity index (χ3v) is 9.25. The summed E-state index contributed by atoms with van der Waals surface area (Å²) >= 11 is 5.85. The van der Waals surface area contributed by atoms with Crippen molar-refractivity contribution in [2.24, 2.45) is 10.2 Å². The number of nitrogens with zero attached hydrogens (tertiary/aromatic N) is 6. The summed E-state index contributed by atoms with van der Waals surface area (Å²) in [7, 11) is -13.5. The summed E-state index contributed by atoms with van der Waals surface area (Å²) in [4.78, 5) is 10.5. The van der Waals surface area contributed by atoms with Gasteiger partial charge in [-0.3, -0.25) is 13.7 Å². The second-order valence-electron chi connectivity index (χ2n) is 9.19. The monoisotopic (exact) mass is 695 g/mol. The molecule has 0 fully saturated rings. The maximum Gasteiger partial charge on any atom is 0.297 e. The highest BCUT2D eigenvalue weighted by Crippen LogP contribution is 2.43. The maximum atomic E-state index is 12.4. The molecule has 17 nitrogen and oxygen atoms in total. The summed E-state index contributed by atoms with van der Waals surface area (Å²) in [6, 6.07) is 10.4. The van der Waals surface area contributed by atoms with E-state index in [4.69, 9.17) is 17.3 Å². The SMILES string of the molecule is CN(c1ccc2c(O)c(N=Nc3ccc4c(S(=O)(=O)O)cccc4c3S(=O)(=O)O)c(S(=O)(=O)O)cc2c1)c1nc(N)nc(Cl)n1. The number of aromatic nitrogens is 3. The molecule has 5 rings (SSSR count). The number of rotatable bonds is 7. The minimum atomic E-state index is -5.15. The summed E-state index contributed by atoms with van der Waals surface area (Å²) in [6.07, 6.45) is 0. The molecule has 0 aliphatic heterocycles. The van der Waals surface area contributed by atoms with Crippen molar-refractivity contribution in [1.82, 2.24) is 15.0 Å². The quantitative estimate of drug-likeness (QED) is 0.119. The summed E-state index contributed by atoms with van der Waals surface area (Å²) in [5.41, 5.74) is 4.58. The van der Waals surface area contributed by atoms with E-state index >= 15 is 0 Å². The van der Waals surface area contributed by atoms with Gasteiger partial charge in [0.05, 0.1) is 0 Å². The number of nitrogen functional groups attached to an aromatic ring is 1. The molecule has 5 aromatic rings. The van der Waals surface area contributed by atoms with E-state index < -0.39 is 62.2 Å². The fourth-order valence-corrected chi connectivity index (χ4v) is 6.78. The lowest BCUT2D eigenvalue weighted by atomic mass is 10.1. The van der Waals surface area contributed by atoms with Gasteiger partial charge in [-0.25, -0.2) is 0 Å². The number of anilines is 3. The molecule has 234 valence electrons. The van der Waals surface area contributed by atoms with Crippen LogP contribution in [0.3, 0.4) is 0 Å². The molecule has 1 heterocycles. The Morgan fingerprint density at radius 2 is 1.44 bits per heavy atom. The molecule has 6 N–H and O–H groups in total. The molecule has 0 bridgehead atoms. The van der Waals surface area contributed by atoms with Gasteiger partial charge in [0.25, 0.3) is 30.4 Å². The minimum Gasteiger partial charge on any atom is -0.505 e. The van der Waals surface area contributed by atoms with Gasteiger partial charge >= 0.3 is 0 Å². The molecular weight excluding hydrogens is 678 g/mol. The van der Waals surface area contributed by atoms with E-state index in [0.29, 0.717) is 5.69 Å². The van der Waals surface area contributed by atoms with Crippen LogP contribution in [0.5, 0.6) is 5.75 Å². The number of hydrogen-bond acceptors (Lipinski definition) is 14. The average Bonchev–Trinajstić information content (AvgIpc) is 2.93. The first-order chi connectivity index (χ1) is 20.9. The molecule has 0 unspecified atom stereocenters. The van der Waals surface area contributed by atoms with Gasteiger partial charge in [-0.2, -0.15) is 40.2 Å². The molecular formula is C24H18ClN7O10S3. The molecule has 0 radical (unpaired) electrons. The maximum absolute atomic E-state index is 12.4. The second kappa shape index (κ2) is 11.1. The van der Waals surface area contributed by atoms with Crippen molar-refractivity contribution in [3.8, 4) is 5.75 Å². The lowest BCUT2D eigenvalue weighted by Crippen LogP contribution is -2.14. The summed E-state index contributed by atoms with van der Waals surface area (Å²) in [5, 5.41) is 17.7. The van der Waals surface area contributed by atoms with Crippen molar-refractivity contribution in [3.05, 3.63) is 59.9 Å². The number of nitrogens with two attached hydrogens (primary N) is 1. The van der Waals surface area contributed by atoms with Gasteiger partial charge < -0.3 is 15.7 Å². The van der Waals surface area contributed by atoms with Gasteiger partial charge in [0.1, 0.15) is 26.1 Å². The fourth-order valence-electron chi connectivity index (χ4n) is 4.43. The summed E-state index contributed by atoms with van der Waals surface area (Å²) < 4.78 is 103. The largest absolute Gasteiger partial charge is 0.505 e. The molecule has 0 saturated carbocycles. The Balaban J connectivity index is 1.69. The number of phenols is 1. The number of aromatic hydroxyl groups is 1. The highest BCUT2D eigenvalue weighted by atomic mass is 35.5. The third-order valence-electron chi connectivity index (χ3n) is 6.36. The van der Waals surface area contributed by atoms with E-state index in [1.807, 2.05) is 0 Å². The molecule has 45 heavy (non-hydrogen) atoms. The Labute approximate surface area is 258 Å². The van der Waals surface area contributed by atoms with Crippen LogP contribution in [0.2, 0.25) is 5.28 Å². The smallest absolute Gasteiger partial charge is 0.297 e. The number of phenolic OH excluding ortho intramolecular Hbond substituents is 1. The Hall–Kier alpha value is -4.57. The van der Waals surface area contributed by atoms with Gasteiger partial charge in [0.2, 0.25) is 17.2 Å². The van der Waals surface area contributed by atoms with Crippen LogP contribution in [0.4, 0.5) is 29.0 Å². The van der Waals surface area contributed by atoms with Crippen LogP contribution in [-0.2, 0) is 30.4 Å². The van der Waals surface area contributed by atoms with Gasteiger partial charge in [-0.1, -0.05) is 18.2 Å². The van der Waals surface area contributed by atoms with Crippen molar-refractivity contribution < 1.29 is 44.0 Å². The Morgan fingerprint density at radius 1 is 0.778 bits per heavy atom. The lowest BCUT2D eigenvalue weighted by Gasteiger charge is -2.18. The van der Waals surface area contributed by atoms with Crippen molar-refractivity contribution >= 4 is 92.5 Å². The van der Waals surface area contributed by atoms with Crippen LogP contribution in [0, 0.1) is 0 Å². The molecule has 0 amide bonds. The highest BCUT2D eigenvalue weighted by molar-refractivity contribution is 7.86. The van der Waals surface area contributed by atoms with E-state index in [1.165, 1.54) is 30.1 Å². The topological polar surface area (TPSA) is 276 Å². The number of azo groups is 1. The van der Waals surface area contributed by atoms with Gasteiger partial charge in [0, 0.05) is 28.9 Å². The standard InChI is InChI=1S/C24H18ClN7O10S3/c1-32(24-28-22(25)27-23(26)29-24)12-5-6-13-11(9-12)10-18(44(37,38)39)19(20(13)33)31-30-16-8-7-14-15(21(16)45(40,41)42)3-2-4-17(14)43(34,35)36/h2-10,33H,1H3,(H,34,35,36)(H,37,38,39)(H,40,41,42)(H2,26,27,28,29). The van der Waals surface area contributed by atoms with Crippen molar-refractivity contribution in [2.75, 3.05) is 17.7 Å². The number of benzene rings is 4. The van der Waals surface area contributed by atoms with Gasteiger partial charge in [-0.15, -0.1) is 10.2 Å². The van der Waals surface area contributed by atoms with Gasteiger partial charge in [-0.05, 0) is 53.4 Å². The normalized spacial score (nSPS) is 12.7. The zero-order valence-electron chi connectivity index (χ0n) is 22.3. The average molecular weight is 696 g/mol. The van der Waals surface area contributed by atoms with Crippen LogP contribution >= 0.6 is 11.6 Å². The van der Waals surface area contributed by atoms with E-state index in [0.717, 1.165) is 36.4 Å². The molecule has 4 aromatic carbocycles. The highest BCUT2D eigenvalue weighted by Gasteiger charge is 2.26. The van der Waals surface area contributed by atoms with E-state index in [2.05, 4.69) is 25.2 Å². The second-order valence-corrected chi connectivity index (χ2v) is 13.7. The fraction of sp³-hybridized carbons (Fsp3) is 0.0417. The zero-order valence-corrected chi connectivity index (χ0v) is 25.5. The van der Waals surface area contributed by atoms with Crippen molar-refractivity contribution in [2.45, 2.75) is 14.7 Å². The lowest BCUT2D eigenvalue weighted by molar-refractivity contribution is 0.472. The number of fused-ring (bicyclic) bond motifs is 2. The zero-order chi connectivity index (χ0) is 33.1. The summed E-state index contributed by atoms with van der Waals surface area (Å²) in [6.45, 7) is 0. The molecule has 0 aliphatic rings. The molecule has 0 atom stereocenters. The molecule has 0 spiro atoms.